The van der Waals surface area contributed by atoms with E-state index in [-0.39, 0.29) is 31.6 Å². The van der Waals surface area contributed by atoms with Gasteiger partial charge >= 0.3 is 12.1 Å². The number of carbonyl (C=O) groups is 4. The molecule has 0 spiro atoms. The highest BCUT2D eigenvalue weighted by molar-refractivity contribution is 9.11. The Kier molecular flexibility index (Phi) is 10.2. The van der Waals surface area contributed by atoms with Crippen LogP contribution in [0.25, 0.3) is 10.6 Å². The summed E-state index contributed by atoms with van der Waals surface area (Å²) < 4.78 is 5.74. The molecule has 12 heteroatoms. The minimum Gasteiger partial charge on any atom is -0.481 e. The molecule has 10 nitrogen and oxygen atoms in total. The maximum Gasteiger partial charge on any atom is 0.409 e. The van der Waals surface area contributed by atoms with Crippen molar-refractivity contribution in [1.29, 1.82) is 0 Å². The van der Waals surface area contributed by atoms with Crippen LogP contribution >= 0.6 is 27.3 Å². The summed E-state index contributed by atoms with van der Waals surface area (Å²) in [5.41, 5.74) is 0.985. The Morgan fingerprint density at radius 2 is 1.81 bits per heavy atom. The van der Waals surface area contributed by atoms with Crippen LogP contribution in [0.5, 0.6) is 0 Å². The molecular formula is C24H29BrN4O6S. The molecule has 0 aliphatic carbocycles. The predicted molar refractivity (Wildman–Crippen MR) is 138 cm³/mol. The first-order valence-electron chi connectivity index (χ1n) is 11.7. The van der Waals surface area contributed by atoms with Crippen molar-refractivity contribution in [2.45, 2.75) is 38.6 Å². The first kappa shape index (κ1) is 27.6. The van der Waals surface area contributed by atoms with E-state index in [2.05, 4.69) is 26.2 Å². The van der Waals surface area contributed by atoms with E-state index in [0.717, 1.165) is 18.4 Å². The van der Waals surface area contributed by atoms with Crippen molar-refractivity contribution in [3.8, 4) is 10.6 Å². The van der Waals surface area contributed by atoms with E-state index in [9.17, 15) is 19.2 Å². The number of amides is 3. The number of carbonyl (C=O) groups excluding carboxylic acids is 3. The molecule has 194 valence electrons. The smallest absolute Gasteiger partial charge is 0.409 e. The summed E-state index contributed by atoms with van der Waals surface area (Å²) in [5, 5.41) is 12.5. The van der Waals surface area contributed by atoms with Crippen LogP contribution in [0, 0.1) is 0 Å². The Balaban J connectivity index is 1.65. The van der Waals surface area contributed by atoms with Gasteiger partial charge in [-0.15, -0.1) is 11.3 Å². The average molecular weight is 581 g/mol. The third-order valence-corrected chi connectivity index (χ3v) is 7.40. The summed E-state index contributed by atoms with van der Waals surface area (Å²) in [6, 6.07) is 8.35. The zero-order valence-corrected chi connectivity index (χ0v) is 22.3. The van der Waals surface area contributed by atoms with Gasteiger partial charge in [0, 0.05) is 38.2 Å². The van der Waals surface area contributed by atoms with Crippen LogP contribution < -0.4 is 5.32 Å². The number of rotatable bonds is 10. The Morgan fingerprint density at radius 1 is 1.14 bits per heavy atom. The topological polar surface area (TPSA) is 129 Å². The molecule has 1 fully saturated rings. The molecule has 1 aliphatic heterocycles. The lowest BCUT2D eigenvalue weighted by Crippen LogP contribution is -2.56. The lowest BCUT2D eigenvalue weighted by Gasteiger charge is -2.36. The number of halogens is 1. The van der Waals surface area contributed by atoms with Gasteiger partial charge in [0.15, 0.2) is 5.69 Å². The van der Waals surface area contributed by atoms with Crippen molar-refractivity contribution in [3.63, 3.8) is 0 Å². The molecule has 0 radical (unpaired) electrons. The van der Waals surface area contributed by atoms with Crippen LogP contribution in [-0.2, 0) is 14.3 Å². The fourth-order valence-corrected chi connectivity index (χ4v) is 5.15. The highest BCUT2D eigenvalue weighted by Crippen LogP contribution is 2.32. The summed E-state index contributed by atoms with van der Waals surface area (Å²) >= 11 is 4.67. The van der Waals surface area contributed by atoms with Gasteiger partial charge in [0.1, 0.15) is 14.8 Å². The summed E-state index contributed by atoms with van der Waals surface area (Å²) in [6.07, 6.45) is 0.954. The summed E-state index contributed by atoms with van der Waals surface area (Å²) in [6.45, 7) is 3.49. The van der Waals surface area contributed by atoms with Crippen molar-refractivity contribution >= 4 is 51.1 Å². The molecule has 0 bridgehead atoms. The van der Waals surface area contributed by atoms with E-state index in [0.29, 0.717) is 28.5 Å². The van der Waals surface area contributed by atoms with Gasteiger partial charge in [0.25, 0.3) is 5.91 Å². The fourth-order valence-electron chi connectivity index (χ4n) is 3.62. The molecule has 1 aromatic heterocycles. The molecule has 1 atom stereocenters. The molecule has 2 heterocycles. The van der Waals surface area contributed by atoms with E-state index in [1.54, 1.807) is 4.90 Å². The minimum atomic E-state index is -1.07. The number of thiazole rings is 1. The lowest BCUT2D eigenvalue weighted by molar-refractivity contribution is -0.138. The number of carboxylic acids is 1. The molecule has 36 heavy (non-hydrogen) atoms. The standard InChI is InChI=1S/C24H29BrN4O6S/c1-2-3-15-35-24(34)29-13-11-28(12-14-29)23(33)17(9-10-18(30)31)26-21(32)19-20(25)36-22(27-19)16-7-5-4-6-8-16/h4-8,17H,2-3,9-15H2,1H3,(H,26,32)(H,30,31). The number of aliphatic carboxylic acids is 1. The number of hydrogen-bond donors (Lipinski definition) is 2. The number of hydrogen-bond acceptors (Lipinski definition) is 7. The normalized spacial score (nSPS) is 14.3. The molecule has 1 saturated heterocycles. The second-order valence-corrected chi connectivity index (χ2v) is 10.6. The average Bonchev–Trinajstić information content (AvgIpc) is 3.28. The van der Waals surface area contributed by atoms with Crippen LogP contribution in [0.1, 0.15) is 43.1 Å². The highest BCUT2D eigenvalue weighted by atomic mass is 79.9. The summed E-state index contributed by atoms with van der Waals surface area (Å²) in [5.74, 6) is -2.02. The number of unbranched alkanes of at least 4 members (excludes halogenated alkanes) is 1. The van der Waals surface area contributed by atoms with Crippen molar-refractivity contribution in [3.05, 3.63) is 39.8 Å². The van der Waals surface area contributed by atoms with E-state index >= 15 is 0 Å². The number of aromatic nitrogens is 1. The second-order valence-electron chi connectivity index (χ2n) is 8.25. The third-order valence-electron chi connectivity index (χ3n) is 5.64. The van der Waals surface area contributed by atoms with Crippen LogP contribution in [-0.4, -0.2) is 82.6 Å². The summed E-state index contributed by atoms with van der Waals surface area (Å²) in [4.78, 5) is 57.1. The number of carboxylic acid groups (broad SMARTS) is 1. The maximum absolute atomic E-state index is 13.2. The summed E-state index contributed by atoms with van der Waals surface area (Å²) in [7, 11) is 0. The Labute approximate surface area is 221 Å². The van der Waals surface area contributed by atoms with E-state index in [4.69, 9.17) is 9.84 Å². The Morgan fingerprint density at radius 3 is 2.44 bits per heavy atom. The SMILES string of the molecule is CCCCOC(=O)N1CCN(C(=O)C(CCC(=O)O)NC(=O)c2nc(-c3ccccc3)sc2Br)CC1. The highest BCUT2D eigenvalue weighted by Gasteiger charge is 2.32. The zero-order chi connectivity index (χ0) is 26.1. The second kappa shape index (κ2) is 13.4. The first-order chi connectivity index (χ1) is 17.3. The van der Waals surface area contributed by atoms with Gasteiger partial charge in [-0.3, -0.25) is 14.4 Å². The number of benzene rings is 1. The lowest BCUT2D eigenvalue weighted by atomic mass is 10.1. The van der Waals surface area contributed by atoms with Gasteiger partial charge in [-0.1, -0.05) is 43.7 Å². The zero-order valence-electron chi connectivity index (χ0n) is 19.9. The molecule has 2 N–H and O–H groups in total. The first-order valence-corrected chi connectivity index (χ1v) is 13.4. The number of ether oxygens (including phenoxy) is 1. The van der Waals surface area contributed by atoms with Crippen LogP contribution in [0.2, 0.25) is 0 Å². The number of nitrogens with zero attached hydrogens (tertiary/aromatic N) is 3. The van der Waals surface area contributed by atoms with Crippen LogP contribution in [0.15, 0.2) is 34.1 Å². The van der Waals surface area contributed by atoms with Crippen LogP contribution in [0.3, 0.4) is 0 Å². The molecule has 1 aliphatic rings. The van der Waals surface area contributed by atoms with Crippen molar-refractivity contribution in [1.82, 2.24) is 20.1 Å². The Hall–Kier alpha value is -2.99. The minimum absolute atomic E-state index is 0.0630. The molecule has 1 unspecified atom stereocenters. The molecular weight excluding hydrogens is 552 g/mol. The van der Waals surface area contributed by atoms with Gasteiger partial charge in [0.2, 0.25) is 5.91 Å². The molecule has 3 amide bonds. The van der Waals surface area contributed by atoms with Crippen LogP contribution in [0.4, 0.5) is 4.79 Å². The number of nitrogens with one attached hydrogen (secondary N) is 1. The van der Waals surface area contributed by atoms with Gasteiger partial charge in [-0.05, 0) is 28.8 Å². The van der Waals surface area contributed by atoms with Gasteiger partial charge in [-0.2, -0.15) is 0 Å². The molecule has 1 aromatic carbocycles. The number of piperazine rings is 1. The van der Waals surface area contributed by atoms with E-state index < -0.39 is 29.9 Å². The predicted octanol–water partition coefficient (Wildman–Crippen LogP) is 3.62. The largest absolute Gasteiger partial charge is 0.481 e. The maximum atomic E-state index is 13.2. The third kappa shape index (κ3) is 7.50. The van der Waals surface area contributed by atoms with Gasteiger partial charge in [0.05, 0.1) is 6.61 Å². The van der Waals surface area contributed by atoms with Crippen molar-refractivity contribution < 1.29 is 29.0 Å². The monoisotopic (exact) mass is 580 g/mol. The van der Waals surface area contributed by atoms with E-state index in [1.165, 1.54) is 16.2 Å². The molecule has 3 rings (SSSR count). The molecule has 2 aromatic rings. The fraction of sp³-hybridized carbons (Fsp3) is 0.458. The van der Waals surface area contributed by atoms with E-state index in [1.807, 2.05) is 37.3 Å². The van der Waals surface area contributed by atoms with Gasteiger partial charge in [-0.25, -0.2) is 9.78 Å². The quantitative estimate of drug-likeness (QED) is 0.410. The van der Waals surface area contributed by atoms with Gasteiger partial charge < -0.3 is 25.0 Å². The van der Waals surface area contributed by atoms with Crippen molar-refractivity contribution in [2.24, 2.45) is 0 Å². The molecule has 0 saturated carbocycles. The van der Waals surface area contributed by atoms with Crippen molar-refractivity contribution in [2.75, 3.05) is 32.8 Å². The Bertz CT molecular complexity index is 1070.